The Bertz CT molecular complexity index is 816. The zero-order valence-corrected chi connectivity index (χ0v) is 19.5. The summed E-state index contributed by atoms with van der Waals surface area (Å²) < 4.78 is 0. The van der Waals surface area contributed by atoms with Crippen molar-refractivity contribution in [1.82, 2.24) is 16.0 Å². The third-order valence-electron chi connectivity index (χ3n) is 4.65. The molecule has 4 atom stereocenters. The maximum atomic E-state index is 12.8. The standard InChI is InChI=1S/C20H33N5O10/c1-9(2)7-13(19(33)24-12(20(34)35)3-5-14(22)26)25-18(32)11(4-6-15(27)28)23-17(31)10(21)8-16(29)30/h9-13H,3-8,21H2,1-2H3,(H2,22,26)(H,23,31)(H,24,33)(H,25,32)(H,27,28)(H,29,30)(H,34,35)/t10-,11-,12-,13-/m0/s1. The van der Waals surface area contributed by atoms with Crippen molar-refractivity contribution in [2.24, 2.45) is 17.4 Å². The molecule has 35 heavy (non-hydrogen) atoms. The van der Waals surface area contributed by atoms with Crippen molar-refractivity contribution in [3.05, 3.63) is 0 Å². The molecule has 15 nitrogen and oxygen atoms in total. The van der Waals surface area contributed by atoms with Crippen LogP contribution in [-0.2, 0) is 33.6 Å². The molecule has 198 valence electrons. The molecule has 0 saturated carbocycles. The van der Waals surface area contributed by atoms with Gasteiger partial charge in [0, 0.05) is 12.8 Å². The summed E-state index contributed by atoms with van der Waals surface area (Å²) in [6.07, 6.45) is -2.20. The smallest absolute Gasteiger partial charge is 0.326 e. The normalized spacial score (nSPS) is 14.2. The van der Waals surface area contributed by atoms with E-state index in [1.807, 2.05) is 0 Å². The second kappa shape index (κ2) is 15.2. The summed E-state index contributed by atoms with van der Waals surface area (Å²) in [7, 11) is 0. The Morgan fingerprint density at radius 2 is 1.20 bits per heavy atom. The highest BCUT2D eigenvalue weighted by Gasteiger charge is 2.31. The van der Waals surface area contributed by atoms with E-state index in [1.54, 1.807) is 13.8 Å². The van der Waals surface area contributed by atoms with Crippen LogP contribution in [0.1, 0.15) is 52.4 Å². The second-order valence-corrected chi connectivity index (χ2v) is 8.29. The van der Waals surface area contributed by atoms with Gasteiger partial charge in [-0.15, -0.1) is 0 Å². The van der Waals surface area contributed by atoms with Crippen molar-refractivity contribution in [2.75, 3.05) is 0 Å². The number of nitrogens with two attached hydrogens (primary N) is 2. The molecular formula is C20H33N5O10. The van der Waals surface area contributed by atoms with E-state index in [9.17, 15) is 38.7 Å². The molecule has 0 spiro atoms. The molecule has 0 aliphatic carbocycles. The molecule has 0 unspecified atom stereocenters. The van der Waals surface area contributed by atoms with E-state index in [2.05, 4.69) is 16.0 Å². The second-order valence-electron chi connectivity index (χ2n) is 8.29. The third kappa shape index (κ3) is 13.5. The van der Waals surface area contributed by atoms with E-state index in [0.29, 0.717) is 0 Å². The first-order chi connectivity index (χ1) is 16.1. The van der Waals surface area contributed by atoms with Crippen LogP contribution in [0, 0.1) is 5.92 Å². The summed E-state index contributed by atoms with van der Waals surface area (Å²) >= 11 is 0. The number of carboxylic acid groups (broad SMARTS) is 3. The predicted octanol–water partition coefficient (Wildman–Crippen LogP) is -2.50. The summed E-state index contributed by atoms with van der Waals surface area (Å²) in [5.74, 6) is -7.83. The molecule has 0 bridgehead atoms. The first-order valence-electron chi connectivity index (χ1n) is 10.7. The van der Waals surface area contributed by atoms with Crippen LogP contribution >= 0.6 is 0 Å². The van der Waals surface area contributed by atoms with Crippen molar-refractivity contribution in [1.29, 1.82) is 0 Å². The van der Waals surface area contributed by atoms with Gasteiger partial charge in [-0.25, -0.2) is 4.79 Å². The van der Waals surface area contributed by atoms with Crippen LogP contribution in [0.25, 0.3) is 0 Å². The zero-order valence-electron chi connectivity index (χ0n) is 19.5. The first kappa shape index (κ1) is 31.2. The highest BCUT2D eigenvalue weighted by atomic mass is 16.4. The van der Waals surface area contributed by atoms with Crippen molar-refractivity contribution in [3.63, 3.8) is 0 Å². The Kier molecular flexibility index (Phi) is 13.6. The summed E-state index contributed by atoms with van der Waals surface area (Å²) in [4.78, 5) is 81.9. The molecule has 0 aliphatic rings. The number of nitrogens with one attached hydrogen (secondary N) is 3. The van der Waals surface area contributed by atoms with Gasteiger partial charge in [0.1, 0.15) is 18.1 Å². The number of rotatable bonds is 17. The number of aliphatic carboxylic acids is 3. The summed E-state index contributed by atoms with van der Waals surface area (Å²) in [6.45, 7) is 3.45. The minimum Gasteiger partial charge on any atom is -0.481 e. The summed E-state index contributed by atoms with van der Waals surface area (Å²) in [5, 5.41) is 33.8. The minimum absolute atomic E-state index is 0.0534. The summed E-state index contributed by atoms with van der Waals surface area (Å²) in [5.41, 5.74) is 10.5. The first-order valence-corrected chi connectivity index (χ1v) is 10.7. The number of hydrogen-bond donors (Lipinski definition) is 8. The molecule has 0 aromatic heterocycles. The van der Waals surface area contributed by atoms with Gasteiger partial charge in [0.25, 0.3) is 0 Å². The van der Waals surface area contributed by atoms with E-state index in [4.69, 9.17) is 21.7 Å². The SMILES string of the molecule is CC(C)C[C@H](NC(=O)[C@H](CCC(=O)O)NC(=O)[C@@H](N)CC(=O)O)C(=O)N[C@@H](CCC(N)=O)C(=O)O. The lowest BCUT2D eigenvalue weighted by atomic mass is 10.0. The lowest BCUT2D eigenvalue weighted by molar-refractivity contribution is -0.142. The van der Waals surface area contributed by atoms with Gasteiger partial charge in [0.05, 0.1) is 12.5 Å². The van der Waals surface area contributed by atoms with Gasteiger partial charge in [0.2, 0.25) is 23.6 Å². The monoisotopic (exact) mass is 503 g/mol. The van der Waals surface area contributed by atoms with E-state index in [1.165, 1.54) is 0 Å². The zero-order chi connectivity index (χ0) is 27.3. The van der Waals surface area contributed by atoms with Crippen molar-refractivity contribution >= 4 is 41.5 Å². The van der Waals surface area contributed by atoms with E-state index >= 15 is 0 Å². The molecule has 0 radical (unpaired) electrons. The molecule has 0 aromatic carbocycles. The minimum atomic E-state index is -1.51. The van der Waals surface area contributed by atoms with Crippen LogP contribution in [0.15, 0.2) is 0 Å². The summed E-state index contributed by atoms with van der Waals surface area (Å²) in [6, 6.07) is -5.71. The number of hydrogen-bond acceptors (Lipinski definition) is 8. The lowest BCUT2D eigenvalue weighted by Crippen LogP contribution is -2.57. The lowest BCUT2D eigenvalue weighted by Gasteiger charge is -2.26. The fraction of sp³-hybridized carbons (Fsp3) is 0.650. The fourth-order valence-corrected chi connectivity index (χ4v) is 2.89. The maximum absolute atomic E-state index is 12.8. The number of primary amides is 1. The average Bonchev–Trinajstić information content (AvgIpc) is 2.71. The van der Waals surface area contributed by atoms with Gasteiger partial charge in [-0.1, -0.05) is 13.8 Å². The van der Waals surface area contributed by atoms with E-state index in [-0.39, 0.29) is 31.6 Å². The number of carboxylic acids is 3. The molecule has 0 saturated heterocycles. The van der Waals surface area contributed by atoms with Crippen LogP contribution in [0.2, 0.25) is 0 Å². The topological polar surface area (TPSA) is 268 Å². The van der Waals surface area contributed by atoms with E-state index < -0.39 is 78.5 Å². The number of amides is 4. The number of carbonyl (C=O) groups excluding carboxylic acids is 4. The Hall–Kier alpha value is -3.75. The van der Waals surface area contributed by atoms with Gasteiger partial charge in [-0.3, -0.25) is 28.8 Å². The Morgan fingerprint density at radius 1 is 0.714 bits per heavy atom. The molecule has 0 fully saturated rings. The third-order valence-corrected chi connectivity index (χ3v) is 4.65. The van der Waals surface area contributed by atoms with Gasteiger partial charge in [-0.05, 0) is 25.2 Å². The molecular weight excluding hydrogens is 470 g/mol. The highest BCUT2D eigenvalue weighted by molar-refractivity contribution is 5.95. The van der Waals surface area contributed by atoms with Crippen molar-refractivity contribution < 1.29 is 48.9 Å². The van der Waals surface area contributed by atoms with Gasteiger partial charge in [-0.2, -0.15) is 0 Å². The quantitative estimate of drug-likeness (QED) is 0.103. The van der Waals surface area contributed by atoms with Crippen LogP contribution in [-0.4, -0.2) is 81.0 Å². The van der Waals surface area contributed by atoms with Gasteiger partial charge < -0.3 is 42.7 Å². The highest BCUT2D eigenvalue weighted by Crippen LogP contribution is 2.09. The Balaban J connectivity index is 5.58. The molecule has 0 aromatic rings. The molecule has 10 N–H and O–H groups in total. The van der Waals surface area contributed by atoms with E-state index in [0.717, 1.165) is 0 Å². The maximum Gasteiger partial charge on any atom is 0.326 e. The van der Waals surface area contributed by atoms with Crippen molar-refractivity contribution in [2.45, 2.75) is 76.5 Å². The molecule has 0 aliphatic heterocycles. The van der Waals surface area contributed by atoms with Crippen LogP contribution < -0.4 is 27.4 Å². The van der Waals surface area contributed by atoms with Gasteiger partial charge in [0.15, 0.2) is 0 Å². The van der Waals surface area contributed by atoms with Gasteiger partial charge >= 0.3 is 17.9 Å². The van der Waals surface area contributed by atoms with Crippen molar-refractivity contribution in [3.8, 4) is 0 Å². The fourth-order valence-electron chi connectivity index (χ4n) is 2.89. The molecule has 15 heteroatoms. The largest absolute Gasteiger partial charge is 0.481 e. The molecule has 0 rings (SSSR count). The Morgan fingerprint density at radius 3 is 1.66 bits per heavy atom. The van der Waals surface area contributed by atoms with Crippen LogP contribution in [0.5, 0.6) is 0 Å². The number of carbonyl (C=O) groups is 7. The molecule has 0 heterocycles. The van der Waals surface area contributed by atoms with Crippen LogP contribution in [0.3, 0.4) is 0 Å². The average molecular weight is 504 g/mol. The predicted molar refractivity (Wildman–Crippen MR) is 118 cm³/mol. The molecule has 4 amide bonds. The van der Waals surface area contributed by atoms with Crippen LogP contribution in [0.4, 0.5) is 0 Å². The Labute approximate surface area is 201 Å².